The molecule has 9 heteroatoms. The van der Waals surface area contributed by atoms with Crippen molar-refractivity contribution in [1.82, 2.24) is 0 Å². The summed E-state index contributed by atoms with van der Waals surface area (Å²) in [6.45, 7) is -0.503. The van der Waals surface area contributed by atoms with Gasteiger partial charge in [0, 0.05) is 5.56 Å². The molecule has 0 spiro atoms. The Hall–Kier alpha value is -3.52. The van der Waals surface area contributed by atoms with Gasteiger partial charge in [-0.1, -0.05) is 35.9 Å². The highest BCUT2D eigenvalue weighted by molar-refractivity contribution is 6.33. The van der Waals surface area contributed by atoms with E-state index in [1.165, 1.54) is 36.4 Å². The zero-order valence-corrected chi connectivity index (χ0v) is 16.6. The first-order valence-electron chi connectivity index (χ1n) is 8.99. The van der Waals surface area contributed by atoms with Gasteiger partial charge in [0.25, 0.3) is 11.8 Å². The molecule has 0 unspecified atom stereocenters. The lowest BCUT2D eigenvalue weighted by atomic mass is 10.1. The molecule has 5 nitrogen and oxygen atoms in total. The molecule has 0 saturated heterocycles. The average Bonchev–Trinajstić information content (AvgIpc) is 2.74. The summed E-state index contributed by atoms with van der Waals surface area (Å²) < 4.78 is 44.3. The first kappa shape index (κ1) is 22.2. The summed E-state index contributed by atoms with van der Waals surface area (Å²) in [5.74, 6) is -0.869. The number of hydrogen-bond donors (Lipinski definition) is 2. The van der Waals surface area contributed by atoms with Crippen LogP contribution in [0.25, 0.3) is 0 Å². The summed E-state index contributed by atoms with van der Waals surface area (Å²) in [6, 6.07) is 17.3. The number of halogens is 4. The fourth-order valence-corrected chi connectivity index (χ4v) is 2.82. The van der Waals surface area contributed by atoms with Gasteiger partial charge in [0.15, 0.2) is 6.61 Å². The van der Waals surface area contributed by atoms with Gasteiger partial charge in [-0.2, -0.15) is 13.2 Å². The Morgan fingerprint density at radius 2 is 1.45 bits per heavy atom. The molecule has 0 atom stereocenters. The number of para-hydroxylation sites is 2. The summed E-state index contributed by atoms with van der Waals surface area (Å²) >= 11 is 6.01. The highest BCUT2D eigenvalue weighted by Gasteiger charge is 2.33. The molecule has 0 bridgehead atoms. The maximum atomic E-state index is 13.0. The number of benzene rings is 3. The van der Waals surface area contributed by atoms with Crippen LogP contribution in [0.1, 0.15) is 15.9 Å². The van der Waals surface area contributed by atoms with E-state index < -0.39 is 24.3 Å². The zero-order chi connectivity index (χ0) is 22.4. The van der Waals surface area contributed by atoms with E-state index in [2.05, 4.69) is 10.6 Å². The van der Waals surface area contributed by atoms with Gasteiger partial charge in [-0.3, -0.25) is 9.59 Å². The second-order valence-corrected chi connectivity index (χ2v) is 6.75. The lowest BCUT2D eigenvalue weighted by Crippen LogP contribution is -2.22. The third kappa shape index (κ3) is 5.99. The van der Waals surface area contributed by atoms with Crippen LogP contribution in [0.3, 0.4) is 0 Å². The Balaban J connectivity index is 1.57. The maximum absolute atomic E-state index is 13.0. The number of carbonyl (C=O) groups excluding carboxylic acids is 2. The van der Waals surface area contributed by atoms with E-state index >= 15 is 0 Å². The standard InChI is InChI=1S/C22H16ClF3N2O3/c23-17-6-2-4-8-19(17)28-21(30)14-9-11-15(12-10-14)31-13-20(29)27-18-7-3-1-5-16(18)22(24,25)26/h1-12H,13H2,(H,27,29)(H,28,30). The molecule has 3 aromatic rings. The lowest BCUT2D eigenvalue weighted by molar-refractivity contribution is -0.137. The highest BCUT2D eigenvalue weighted by atomic mass is 35.5. The number of rotatable bonds is 6. The molecule has 0 aliphatic carbocycles. The number of anilines is 2. The van der Waals surface area contributed by atoms with Gasteiger partial charge in [-0.05, 0) is 48.5 Å². The maximum Gasteiger partial charge on any atom is 0.418 e. The Morgan fingerprint density at radius 1 is 0.839 bits per heavy atom. The van der Waals surface area contributed by atoms with Gasteiger partial charge >= 0.3 is 6.18 Å². The van der Waals surface area contributed by atoms with Gasteiger partial charge in [-0.15, -0.1) is 0 Å². The van der Waals surface area contributed by atoms with Crippen molar-refractivity contribution in [2.75, 3.05) is 17.2 Å². The van der Waals surface area contributed by atoms with E-state index in [4.69, 9.17) is 16.3 Å². The normalized spacial score (nSPS) is 11.0. The SMILES string of the molecule is O=C(COc1ccc(C(=O)Nc2ccccc2Cl)cc1)Nc1ccccc1C(F)(F)F. The molecule has 0 fully saturated rings. The molecule has 2 N–H and O–H groups in total. The van der Waals surface area contributed by atoms with Crippen molar-refractivity contribution >= 4 is 34.8 Å². The summed E-state index contributed by atoms with van der Waals surface area (Å²) in [4.78, 5) is 24.3. The van der Waals surface area contributed by atoms with E-state index in [0.717, 1.165) is 12.1 Å². The molecule has 0 aliphatic heterocycles. The van der Waals surface area contributed by atoms with Crippen LogP contribution in [0.2, 0.25) is 5.02 Å². The summed E-state index contributed by atoms with van der Waals surface area (Å²) in [7, 11) is 0. The zero-order valence-electron chi connectivity index (χ0n) is 15.9. The lowest BCUT2D eigenvalue weighted by Gasteiger charge is -2.14. The molecule has 0 saturated carbocycles. The minimum absolute atomic E-state index is 0.272. The number of hydrogen-bond acceptors (Lipinski definition) is 3. The van der Waals surface area contributed by atoms with E-state index in [1.54, 1.807) is 24.3 Å². The van der Waals surface area contributed by atoms with Gasteiger partial charge in [0.2, 0.25) is 0 Å². The molecular formula is C22H16ClF3N2O3. The van der Waals surface area contributed by atoms with Crippen molar-refractivity contribution < 1.29 is 27.5 Å². The van der Waals surface area contributed by atoms with Crippen LogP contribution in [0.15, 0.2) is 72.8 Å². The smallest absolute Gasteiger partial charge is 0.418 e. The fourth-order valence-electron chi connectivity index (χ4n) is 2.63. The molecule has 160 valence electrons. The first-order chi connectivity index (χ1) is 14.7. The van der Waals surface area contributed by atoms with Crippen molar-refractivity contribution in [2.24, 2.45) is 0 Å². The Labute approximate surface area is 180 Å². The van der Waals surface area contributed by atoms with Crippen LogP contribution in [-0.4, -0.2) is 18.4 Å². The Kier molecular flexibility index (Phi) is 6.81. The first-order valence-corrected chi connectivity index (χ1v) is 9.36. The molecule has 0 aliphatic rings. The minimum Gasteiger partial charge on any atom is -0.484 e. The van der Waals surface area contributed by atoms with Crippen molar-refractivity contribution in [1.29, 1.82) is 0 Å². The molecule has 0 heterocycles. The largest absolute Gasteiger partial charge is 0.484 e. The monoisotopic (exact) mass is 448 g/mol. The van der Waals surface area contributed by atoms with Crippen LogP contribution in [-0.2, 0) is 11.0 Å². The van der Waals surface area contributed by atoms with Gasteiger partial charge in [0.1, 0.15) is 5.75 Å². The quantitative estimate of drug-likeness (QED) is 0.513. The van der Waals surface area contributed by atoms with Gasteiger partial charge in [-0.25, -0.2) is 0 Å². The predicted octanol–water partition coefficient (Wildman–Crippen LogP) is 5.63. The van der Waals surface area contributed by atoms with Crippen molar-refractivity contribution in [3.8, 4) is 5.75 Å². The van der Waals surface area contributed by atoms with Crippen molar-refractivity contribution in [2.45, 2.75) is 6.18 Å². The molecule has 3 rings (SSSR count). The van der Waals surface area contributed by atoms with Crippen molar-refractivity contribution in [3.63, 3.8) is 0 Å². The summed E-state index contributed by atoms with van der Waals surface area (Å²) in [5, 5.41) is 5.26. The predicted molar refractivity (Wildman–Crippen MR) is 111 cm³/mol. The molecule has 3 aromatic carbocycles. The number of carbonyl (C=O) groups is 2. The van der Waals surface area contributed by atoms with Crippen LogP contribution in [0.4, 0.5) is 24.5 Å². The van der Waals surface area contributed by atoms with E-state index in [1.807, 2.05) is 0 Å². The topological polar surface area (TPSA) is 67.4 Å². The Morgan fingerprint density at radius 3 is 2.10 bits per heavy atom. The molecule has 0 radical (unpaired) electrons. The summed E-state index contributed by atoms with van der Waals surface area (Å²) in [6.07, 6.45) is -4.59. The highest BCUT2D eigenvalue weighted by Crippen LogP contribution is 2.34. The minimum atomic E-state index is -4.59. The molecular weight excluding hydrogens is 433 g/mol. The van der Waals surface area contributed by atoms with E-state index in [0.29, 0.717) is 16.3 Å². The van der Waals surface area contributed by atoms with Crippen molar-refractivity contribution in [3.05, 3.63) is 88.9 Å². The van der Waals surface area contributed by atoms with Crippen LogP contribution in [0, 0.1) is 0 Å². The average molecular weight is 449 g/mol. The van der Waals surface area contributed by atoms with Crippen LogP contribution >= 0.6 is 11.6 Å². The molecule has 31 heavy (non-hydrogen) atoms. The number of amides is 2. The van der Waals surface area contributed by atoms with Crippen LogP contribution in [0.5, 0.6) is 5.75 Å². The molecule has 0 aromatic heterocycles. The van der Waals surface area contributed by atoms with Crippen LogP contribution < -0.4 is 15.4 Å². The van der Waals surface area contributed by atoms with Gasteiger partial charge in [0.05, 0.1) is 22.0 Å². The third-order valence-corrected chi connectivity index (χ3v) is 4.44. The second-order valence-electron chi connectivity index (χ2n) is 6.34. The fraction of sp³-hybridized carbons (Fsp3) is 0.0909. The van der Waals surface area contributed by atoms with Gasteiger partial charge < -0.3 is 15.4 Å². The number of ether oxygens (including phenoxy) is 1. The number of nitrogens with one attached hydrogen (secondary N) is 2. The van der Waals surface area contributed by atoms with E-state index in [-0.39, 0.29) is 17.3 Å². The summed E-state index contributed by atoms with van der Waals surface area (Å²) in [5.41, 5.74) is -0.506. The third-order valence-electron chi connectivity index (χ3n) is 4.12. The number of alkyl halides is 3. The Bertz CT molecular complexity index is 1090. The second kappa shape index (κ2) is 9.53. The van der Waals surface area contributed by atoms with E-state index in [9.17, 15) is 22.8 Å². The molecule has 2 amide bonds.